The van der Waals surface area contributed by atoms with Crippen molar-refractivity contribution >= 4 is 11.5 Å². The van der Waals surface area contributed by atoms with Crippen LogP contribution in [0.15, 0.2) is 0 Å². The maximum absolute atomic E-state index is 11.4. The Bertz CT molecular complexity index is 497. The number of nitrogens with one attached hydrogen (secondary N) is 2. The standard InChI is InChI=1S/C13H23N5O2/c1-8(2)11-12(18(19)20)13(17(4)16-11)15-10-6-5-7-14-9(10)3/h8-10,14-15H,5-7H2,1-4H3. The summed E-state index contributed by atoms with van der Waals surface area (Å²) in [6, 6.07) is 0.485. The molecular weight excluding hydrogens is 258 g/mol. The fourth-order valence-electron chi connectivity index (χ4n) is 2.68. The Balaban J connectivity index is 2.33. The van der Waals surface area contributed by atoms with Crippen LogP contribution in [0.5, 0.6) is 0 Å². The van der Waals surface area contributed by atoms with Gasteiger partial charge in [-0.1, -0.05) is 13.8 Å². The van der Waals surface area contributed by atoms with Gasteiger partial charge in [-0.25, -0.2) is 4.68 Å². The summed E-state index contributed by atoms with van der Waals surface area (Å²) < 4.78 is 1.59. The molecule has 0 spiro atoms. The number of aryl methyl sites for hydroxylation is 1. The Kier molecular flexibility index (Phi) is 4.27. The van der Waals surface area contributed by atoms with Gasteiger partial charge in [0.1, 0.15) is 5.69 Å². The first-order valence-electron chi connectivity index (χ1n) is 7.13. The van der Waals surface area contributed by atoms with Gasteiger partial charge in [-0.2, -0.15) is 5.10 Å². The number of anilines is 1. The van der Waals surface area contributed by atoms with Gasteiger partial charge in [0, 0.05) is 25.0 Å². The predicted molar refractivity (Wildman–Crippen MR) is 78.1 cm³/mol. The summed E-state index contributed by atoms with van der Waals surface area (Å²) in [5.74, 6) is 0.540. The fourth-order valence-corrected chi connectivity index (χ4v) is 2.68. The maximum Gasteiger partial charge on any atom is 0.334 e. The van der Waals surface area contributed by atoms with E-state index in [4.69, 9.17) is 0 Å². The first-order chi connectivity index (χ1) is 9.41. The number of nitrogens with zero attached hydrogens (tertiary/aromatic N) is 3. The predicted octanol–water partition coefficient (Wildman–Crippen LogP) is 2.00. The number of aromatic nitrogens is 2. The van der Waals surface area contributed by atoms with Gasteiger partial charge in [0.05, 0.1) is 4.92 Å². The molecule has 2 unspecified atom stereocenters. The Morgan fingerprint density at radius 3 is 2.80 bits per heavy atom. The molecule has 1 aromatic rings. The summed E-state index contributed by atoms with van der Waals surface area (Å²) in [6.07, 6.45) is 2.08. The number of nitro groups is 1. The van der Waals surface area contributed by atoms with Gasteiger partial charge >= 0.3 is 5.69 Å². The summed E-state index contributed by atoms with van der Waals surface area (Å²) in [5.41, 5.74) is 0.650. The van der Waals surface area contributed by atoms with Crippen molar-refractivity contribution in [3.8, 4) is 0 Å². The number of piperidine rings is 1. The van der Waals surface area contributed by atoms with Crippen LogP contribution in [0.4, 0.5) is 11.5 Å². The summed E-state index contributed by atoms with van der Waals surface area (Å²) in [6.45, 7) is 6.94. The lowest BCUT2D eigenvalue weighted by atomic mass is 10.00. The van der Waals surface area contributed by atoms with E-state index in [0.717, 1.165) is 19.4 Å². The van der Waals surface area contributed by atoms with E-state index in [1.165, 1.54) is 0 Å². The molecular formula is C13H23N5O2. The molecule has 1 aliphatic rings. The highest BCUT2D eigenvalue weighted by Crippen LogP contribution is 2.33. The molecule has 0 aromatic carbocycles. The second-order valence-electron chi connectivity index (χ2n) is 5.75. The minimum Gasteiger partial charge on any atom is -0.360 e. The molecule has 1 saturated heterocycles. The van der Waals surface area contributed by atoms with Crippen LogP contribution in [-0.4, -0.2) is 33.3 Å². The molecule has 0 bridgehead atoms. The van der Waals surface area contributed by atoms with Crippen LogP contribution in [0.2, 0.25) is 0 Å². The lowest BCUT2D eigenvalue weighted by molar-refractivity contribution is -0.384. The largest absolute Gasteiger partial charge is 0.360 e. The lowest BCUT2D eigenvalue weighted by Crippen LogP contribution is -2.46. The number of hydrogen-bond donors (Lipinski definition) is 2. The summed E-state index contributed by atoms with van der Waals surface area (Å²) in [4.78, 5) is 11.1. The Labute approximate surface area is 118 Å². The summed E-state index contributed by atoms with van der Waals surface area (Å²) >= 11 is 0. The van der Waals surface area contributed by atoms with Gasteiger partial charge in [0.25, 0.3) is 0 Å². The van der Waals surface area contributed by atoms with Crippen LogP contribution >= 0.6 is 0 Å². The minimum absolute atomic E-state index is 0.0269. The maximum atomic E-state index is 11.4. The van der Waals surface area contributed by atoms with E-state index in [0.29, 0.717) is 17.6 Å². The highest BCUT2D eigenvalue weighted by molar-refractivity contribution is 5.61. The highest BCUT2D eigenvalue weighted by Gasteiger charge is 2.31. The average Bonchev–Trinajstić information content (AvgIpc) is 2.70. The molecule has 2 rings (SSSR count). The molecule has 1 fully saturated rings. The van der Waals surface area contributed by atoms with Crippen LogP contribution in [0.1, 0.15) is 45.2 Å². The van der Waals surface area contributed by atoms with Gasteiger partial charge in [-0.15, -0.1) is 0 Å². The molecule has 20 heavy (non-hydrogen) atoms. The number of rotatable bonds is 4. The average molecular weight is 281 g/mol. The molecule has 2 atom stereocenters. The zero-order valence-corrected chi connectivity index (χ0v) is 12.5. The lowest BCUT2D eigenvalue weighted by Gasteiger charge is -2.30. The molecule has 7 nitrogen and oxygen atoms in total. The van der Waals surface area contributed by atoms with Gasteiger partial charge in [0.2, 0.25) is 5.82 Å². The SMILES string of the molecule is CC(C)c1nn(C)c(NC2CCCNC2C)c1[N+](=O)[O-]. The molecule has 2 N–H and O–H groups in total. The molecule has 112 valence electrons. The number of hydrogen-bond acceptors (Lipinski definition) is 5. The monoisotopic (exact) mass is 281 g/mol. The van der Waals surface area contributed by atoms with Gasteiger partial charge < -0.3 is 10.6 Å². The zero-order chi connectivity index (χ0) is 14.9. The van der Waals surface area contributed by atoms with E-state index in [1.54, 1.807) is 11.7 Å². The second-order valence-corrected chi connectivity index (χ2v) is 5.75. The molecule has 2 heterocycles. The van der Waals surface area contributed by atoms with Gasteiger partial charge in [0.15, 0.2) is 0 Å². The molecule has 0 radical (unpaired) electrons. The van der Waals surface area contributed by atoms with E-state index < -0.39 is 0 Å². The fraction of sp³-hybridized carbons (Fsp3) is 0.769. The van der Waals surface area contributed by atoms with Gasteiger partial charge in [-0.05, 0) is 26.3 Å². The van der Waals surface area contributed by atoms with Crippen molar-refractivity contribution in [3.05, 3.63) is 15.8 Å². The Morgan fingerprint density at radius 1 is 1.55 bits per heavy atom. The van der Waals surface area contributed by atoms with Crippen LogP contribution in [0, 0.1) is 10.1 Å². The van der Waals surface area contributed by atoms with Crippen LogP contribution < -0.4 is 10.6 Å². The van der Waals surface area contributed by atoms with Gasteiger partial charge in [-0.3, -0.25) is 10.1 Å². The quantitative estimate of drug-likeness (QED) is 0.651. The van der Waals surface area contributed by atoms with E-state index in [-0.39, 0.29) is 22.6 Å². The summed E-state index contributed by atoms with van der Waals surface area (Å²) in [7, 11) is 1.75. The Hall–Kier alpha value is -1.63. The Morgan fingerprint density at radius 2 is 2.25 bits per heavy atom. The first-order valence-corrected chi connectivity index (χ1v) is 7.13. The third kappa shape index (κ3) is 2.77. The molecule has 1 aliphatic heterocycles. The van der Waals surface area contributed by atoms with Crippen molar-refractivity contribution in [3.63, 3.8) is 0 Å². The summed E-state index contributed by atoms with van der Waals surface area (Å²) in [5, 5.41) is 22.4. The molecule has 0 amide bonds. The molecule has 0 aliphatic carbocycles. The van der Waals surface area contributed by atoms with E-state index in [2.05, 4.69) is 22.7 Å². The third-order valence-electron chi connectivity index (χ3n) is 3.86. The van der Waals surface area contributed by atoms with Crippen molar-refractivity contribution in [1.82, 2.24) is 15.1 Å². The van der Waals surface area contributed by atoms with Crippen LogP contribution in [0.25, 0.3) is 0 Å². The third-order valence-corrected chi connectivity index (χ3v) is 3.86. The van der Waals surface area contributed by atoms with E-state index in [9.17, 15) is 10.1 Å². The van der Waals surface area contributed by atoms with Crippen molar-refractivity contribution in [2.45, 2.75) is 51.6 Å². The minimum atomic E-state index is -0.328. The highest BCUT2D eigenvalue weighted by atomic mass is 16.6. The van der Waals surface area contributed by atoms with Crippen molar-refractivity contribution in [2.24, 2.45) is 7.05 Å². The second kappa shape index (κ2) is 5.78. The first kappa shape index (κ1) is 14.8. The van der Waals surface area contributed by atoms with E-state index >= 15 is 0 Å². The molecule has 1 aromatic heterocycles. The normalized spacial score (nSPS) is 23.1. The van der Waals surface area contributed by atoms with Crippen LogP contribution in [0.3, 0.4) is 0 Å². The van der Waals surface area contributed by atoms with Crippen molar-refractivity contribution in [2.75, 3.05) is 11.9 Å². The topological polar surface area (TPSA) is 85.0 Å². The smallest absolute Gasteiger partial charge is 0.334 e. The molecule has 7 heteroatoms. The van der Waals surface area contributed by atoms with E-state index in [1.807, 2.05) is 13.8 Å². The van der Waals surface area contributed by atoms with Crippen LogP contribution in [-0.2, 0) is 7.05 Å². The zero-order valence-electron chi connectivity index (χ0n) is 12.5. The van der Waals surface area contributed by atoms with Crippen molar-refractivity contribution < 1.29 is 4.92 Å². The molecule has 0 saturated carbocycles. The van der Waals surface area contributed by atoms with Crippen molar-refractivity contribution in [1.29, 1.82) is 0 Å².